The third-order valence-electron chi connectivity index (χ3n) is 6.48. The first-order chi connectivity index (χ1) is 17.0. The van der Waals surface area contributed by atoms with E-state index >= 15 is 0 Å². The zero-order valence-electron chi connectivity index (χ0n) is 19.9. The second kappa shape index (κ2) is 10.2. The van der Waals surface area contributed by atoms with Gasteiger partial charge in [-0.1, -0.05) is 66.7 Å². The van der Waals surface area contributed by atoms with Crippen molar-refractivity contribution in [3.05, 3.63) is 84.4 Å². The van der Waals surface area contributed by atoms with Gasteiger partial charge in [0.15, 0.2) is 0 Å². The Morgan fingerprint density at radius 2 is 1.46 bits per heavy atom. The minimum absolute atomic E-state index is 0.0192. The third-order valence-corrected chi connectivity index (χ3v) is 7.94. The third kappa shape index (κ3) is 5.59. The molecule has 1 atom stereocenters. The van der Waals surface area contributed by atoms with Crippen LogP contribution in [0.4, 0.5) is 0 Å². The van der Waals surface area contributed by atoms with Crippen molar-refractivity contribution in [2.24, 2.45) is 0 Å². The van der Waals surface area contributed by atoms with Gasteiger partial charge in [-0.3, -0.25) is 4.90 Å². The lowest BCUT2D eigenvalue weighted by molar-refractivity contribution is 0.194. The fourth-order valence-corrected chi connectivity index (χ4v) is 5.52. The van der Waals surface area contributed by atoms with Gasteiger partial charge in [0.2, 0.25) is 10.0 Å². The van der Waals surface area contributed by atoms with Gasteiger partial charge < -0.3 is 0 Å². The quantitative estimate of drug-likeness (QED) is 0.403. The van der Waals surface area contributed by atoms with Gasteiger partial charge in [-0.15, -0.1) is 0 Å². The molecule has 0 saturated carbocycles. The molecule has 1 aliphatic rings. The number of sulfonamides is 1. The van der Waals surface area contributed by atoms with Crippen molar-refractivity contribution in [1.29, 1.82) is 0 Å². The summed E-state index contributed by atoms with van der Waals surface area (Å²) in [6.07, 6.45) is 1.87. The Labute approximate surface area is 207 Å². The summed E-state index contributed by atoms with van der Waals surface area (Å²) in [4.78, 5) is 12.3. The molecule has 7 heteroatoms. The predicted molar refractivity (Wildman–Crippen MR) is 141 cm³/mol. The topological polar surface area (TPSA) is 75.2 Å². The lowest BCUT2D eigenvalue weighted by Gasteiger charge is -2.33. The van der Waals surface area contributed by atoms with Crippen LogP contribution in [-0.2, 0) is 16.6 Å². The zero-order chi connectivity index (χ0) is 24.3. The molecule has 1 aromatic heterocycles. The largest absolute Gasteiger partial charge is 0.298 e. The van der Waals surface area contributed by atoms with Crippen molar-refractivity contribution in [2.75, 3.05) is 18.8 Å². The normalized spacial score (nSPS) is 17.0. The van der Waals surface area contributed by atoms with E-state index in [0.717, 1.165) is 66.0 Å². The number of para-hydroxylation sites is 2. The van der Waals surface area contributed by atoms with E-state index in [1.54, 1.807) is 6.92 Å². The summed E-state index contributed by atoms with van der Waals surface area (Å²) in [5.41, 5.74) is 6.76. The number of piperidine rings is 1. The molecule has 1 fully saturated rings. The van der Waals surface area contributed by atoms with Gasteiger partial charge in [0, 0.05) is 30.3 Å². The number of benzene rings is 3. The Morgan fingerprint density at radius 3 is 2.09 bits per heavy atom. The fraction of sp³-hybridized carbons (Fsp3) is 0.286. The van der Waals surface area contributed by atoms with Gasteiger partial charge in [-0.2, -0.15) is 0 Å². The summed E-state index contributed by atoms with van der Waals surface area (Å²) in [6, 6.07) is 26.6. The van der Waals surface area contributed by atoms with Gasteiger partial charge in [-0.05, 0) is 44.0 Å². The van der Waals surface area contributed by atoms with Gasteiger partial charge in [-0.25, -0.2) is 23.1 Å². The van der Waals surface area contributed by atoms with E-state index in [1.807, 2.05) is 42.5 Å². The molecule has 1 aliphatic heterocycles. The smallest absolute Gasteiger partial charge is 0.211 e. The van der Waals surface area contributed by atoms with Crippen LogP contribution < -0.4 is 4.72 Å². The van der Waals surface area contributed by atoms with E-state index in [0.29, 0.717) is 0 Å². The number of nitrogens with one attached hydrogen (secondary N) is 1. The molecule has 4 aromatic rings. The Balaban J connectivity index is 1.38. The van der Waals surface area contributed by atoms with Crippen LogP contribution in [0.2, 0.25) is 0 Å². The first kappa shape index (κ1) is 23.6. The Kier molecular flexibility index (Phi) is 6.90. The molecular formula is C28H30N4O2S. The van der Waals surface area contributed by atoms with Crippen LogP contribution in [-0.4, -0.2) is 48.2 Å². The standard InChI is InChI=1S/C28H30N4O2S/c1-2-35(33,34)31-24-11-8-18-32(20-24)19-21-14-16-23(17-15-21)28-27(22-9-4-3-5-10-22)29-25-12-6-7-13-26(25)30-28/h3-7,9-10,12-17,24,31H,2,8,11,18-20H2,1H3. The van der Waals surface area contributed by atoms with Crippen LogP contribution in [0, 0.1) is 0 Å². The van der Waals surface area contributed by atoms with Crippen LogP contribution in [0.1, 0.15) is 25.3 Å². The second-order valence-electron chi connectivity index (χ2n) is 9.07. The first-order valence-corrected chi connectivity index (χ1v) is 13.8. The Morgan fingerprint density at radius 1 is 0.857 bits per heavy atom. The summed E-state index contributed by atoms with van der Waals surface area (Å²) >= 11 is 0. The Hall–Kier alpha value is -3.13. The molecule has 6 nitrogen and oxygen atoms in total. The van der Waals surface area contributed by atoms with Gasteiger partial charge in [0.25, 0.3) is 0 Å². The molecule has 0 radical (unpaired) electrons. The molecule has 5 rings (SSSR count). The first-order valence-electron chi connectivity index (χ1n) is 12.1. The number of nitrogens with zero attached hydrogens (tertiary/aromatic N) is 3. The van der Waals surface area contributed by atoms with Crippen molar-refractivity contribution in [1.82, 2.24) is 19.6 Å². The monoisotopic (exact) mass is 486 g/mol. The summed E-state index contributed by atoms with van der Waals surface area (Å²) in [7, 11) is -3.18. The maximum atomic E-state index is 12.0. The molecule has 1 N–H and O–H groups in total. The average Bonchev–Trinajstić information content (AvgIpc) is 2.89. The molecule has 0 amide bonds. The maximum absolute atomic E-state index is 12.0. The van der Waals surface area contributed by atoms with Crippen molar-refractivity contribution >= 4 is 21.1 Å². The molecular weight excluding hydrogens is 456 g/mol. The van der Waals surface area contributed by atoms with E-state index in [9.17, 15) is 8.42 Å². The van der Waals surface area contributed by atoms with Crippen LogP contribution in [0.5, 0.6) is 0 Å². The number of hydrogen-bond donors (Lipinski definition) is 1. The summed E-state index contributed by atoms with van der Waals surface area (Å²) in [5, 5.41) is 0. The highest BCUT2D eigenvalue weighted by molar-refractivity contribution is 7.89. The molecule has 0 spiro atoms. The molecule has 0 bridgehead atoms. The molecule has 1 unspecified atom stereocenters. The lowest BCUT2D eigenvalue weighted by Crippen LogP contribution is -2.47. The zero-order valence-corrected chi connectivity index (χ0v) is 20.7. The van der Waals surface area contributed by atoms with E-state index < -0.39 is 10.0 Å². The summed E-state index contributed by atoms with van der Waals surface area (Å²) in [6.45, 7) is 4.17. The van der Waals surface area contributed by atoms with Crippen LogP contribution in [0.25, 0.3) is 33.5 Å². The van der Waals surface area contributed by atoms with E-state index in [2.05, 4.69) is 46.0 Å². The molecule has 35 heavy (non-hydrogen) atoms. The van der Waals surface area contributed by atoms with E-state index in [4.69, 9.17) is 9.97 Å². The SMILES string of the molecule is CCS(=O)(=O)NC1CCCN(Cc2ccc(-c3nc4ccccc4nc3-c3ccccc3)cc2)C1. The van der Waals surface area contributed by atoms with Gasteiger partial charge in [0.1, 0.15) is 0 Å². The minimum Gasteiger partial charge on any atom is -0.298 e. The molecule has 180 valence electrons. The van der Waals surface area contributed by atoms with Crippen molar-refractivity contribution in [3.63, 3.8) is 0 Å². The van der Waals surface area contributed by atoms with Crippen LogP contribution in [0.15, 0.2) is 78.9 Å². The molecule has 3 aromatic carbocycles. The number of rotatable bonds is 7. The van der Waals surface area contributed by atoms with Crippen LogP contribution in [0.3, 0.4) is 0 Å². The average molecular weight is 487 g/mol. The van der Waals surface area contributed by atoms with Crippen molar-refractivity contribution in [2.45, 2.75) is 32.4 Å². The highest BCUT2D eigenvalue weighted by Gasteiger charge is 2.23. The molecule has 2 heterocycles. The minimum atomic E-state index is -3.18. The van der Waals surface area contributed by atoms with Crippen LogP contribution >= 0.6 is 0 Å². The number of aromatic nitrogens is 2. The van der Waals surface area contributed by atoms with Gasteiger partial charge >= 0.3 is 0 Å². The maximum Gasteiger partial charge on any atom is 0.211 e. The molecule has 1 saturated heterocycles. The predicted octanol–water partition coefficient (Wildman–Crippen LogP) is 4.87. The van der Waals surface area contributed by atoms with Gasteiger partial charge in [0.05, 0.1) is 28.2 Å². The number of fused-ring (bicyclic) bond motifs is 1. The van der Waals surface area contributed by atoms with Crippen molar-refractivity contribution < 1.29 is 8.42 Å². The molecule has 0 aliphatic carbocycles. The summed E-state index contributed by atoms with van der Waals surface area (Å²) < 4.78 is 26.8. The second-order valence-corrected chi connectivity index (χ2v) is 11.1. The Bertz CT molecular complexity index is 1410. The van der Waals surface area contributed by atoms with Crippen molar-refractivity contribution in [3.8, 4) is 22.5 Å². The number of likely N-dealkylation sites (tertiary alicyclic amines) is 1. The number of hydrogen-bond acceptors (Lipinski definition) is 5. The van der Waals surface area contributed by atoms with E-state index in [1.165, 1.54) is 5.56 Å². The highest BCUT2D eigenvalue weighted by Crippen LogP contribution is 2.31. The summed E-state index contributed by atoms with van der Waals surface area (Å²) in [5.74, 6) is 0.119. The lowest BCUT2D eigenvalue weighted by atomic mass is 10.0. The highest BCUT2D eigenvalue weighted by atomic mass is 32.2. The fourth-order valence-electron chi connectivity index (χ4n) is 4.66. The van der Waals surface area contributed by atoms with E-state index in [-0.39, 0.29) is 11.8 Å².